The number of ether oxygens (including phenoxy) is 2. The molecule has 0 aliphatic carbocycles. The molecule has 0 atom stereocenters. The van der Waals surface area contributed by atoms with Gasteiger partial charge < -0.3 is 18.7 Å². The fourth-order valence-corrected chi connectivity index (χ4v) is 2.52. The van der Waals surface area contributed by atoms with Crippen LogP contribution in [0.1, 0.15) is 40.7 Å². The fraction of sp³-hybridized carbons (Fsp3) is 0.533. The minimum atomic E-state index is 0.0839. The number of hydrogen-bond acceptors (Lipinski definition) is 3. The molecule has 0 aliphatic heterocycles. The predicted octanol–water partition coefficient (Wildman–Crippen LogP) is 3.82. The molecule has 0 N–H and O–H groups in total. The summed E-state index contributed by atoms with van der Waals surface area (Å²) in [5, 5.41) is 0. The monoisotopic (exact) mass is 281 g/mol. The first-order valence-electron chi connectivity index (χ1n) is 6.46. The second-order valence-corrected chi connectivity index (χ2v) is 5.08. The Morgan fingerprint density at radius 3 is 2.05 bits per heavy atom. The first-order valence-corrected chi connectivity index (χ1v) is 7.17. The Bertz CT molecular complexity index is 427. The highest BCUT2D eigenvalue weighted by molar-refractivity contribution is 7.16. The van der Waals surface area contributed by atoms with Crippen LogP contribution in [-0.2, 0) is 0 Å². The van der Waals surface area contributed by atoms with Gasteiger partial charge in [0.1, 0.15) is 17.1 Å². The van der Waals surface area contributed by atoms with E-state index < -0.39 is 0 Å². The van der Waals surface area contributed by atoms with Gasteiger partial charge in [-0.25, -0.2) is 0 Å². The van der Waals surface area contributed by atoms with E-state index in [-0.39, 0.29) is 5.78 Å². The molecule has 0 aliphatic rings. The van der Waals surface area contributed by atoms with Crippen LogP contribution in [-0.4, -0.2) is 26.2 Å². The molecular formula is C15H22O3P-. The van der Waals surface area contributed by atoms with Gasteiger partial charge in [0.05, 0.1) is 14.2 Å². The highest BCUT2D eigenvalue weighted by Gasteiger charge is 2.21. The Morgan fingerprint density at radius 1 is 1.11 bits per heavy atom. The van der Waals surface area contributed by atoms with Gasteiger partial charge in [0.2, 0.25) is 0 Å². The second kappa shape index (κ2) is 7.49. The lowest BCUT2D eigenvalue weighted by Gasteiger charge is -2.17. The normalized spacial score (nSPS) is 10.4. The van der Waals surface area contributed by atoms with E-state index in [2.05, 4.69) is 9.24 Å². The van der Waals surface area contributed by atoms with Gasteiger partial charge in [-0.3, -0.25) is 4.79 Å². The van der Waals surface area contributed by atoms with Gasteiger partial charge in [-0.1, -0.05) is 6.42 Å². The maximum atomic E-state index is 12.4. The molecule has 1 aromatic rings. The topological polar surface area (TPSA) is 35.5 Å². The zero-order valence-corrected chi connectivity index (χ0v) is 13.1. The molecule has 0 fully saturated rings. The molecule has 4 heteroatoms. The maximum absolute atomic E-state index is 12.4. The summed E-state index contributed by atoms with van der Waals surface area (Å²) in [6.07, 6.45) is 3.27. The summed E-state index contributed by atoms with van der Waals surface area (Å²) in [4.78, 5) is 12.4. The van der Waals surface area contributed by atoms with E-state index in [4.69, 9.17) is 9.47 Å². The van der Waals surface area contributed by atoms with Gasteiger partial charge in [-0.15, -0.1) is 0 Å². The highest BCUT2D eigenvalue weighted by atomic mass is 31.0. The molecule has 19 heavy (non-hydrogen) atoms. The number of carbonyl (C=O) groups excluding carboxylic acids is 1. The van der Waals surface area contributed by atoms with Crippen LogP contribution < -0.4 is 9.47 Å². The fourth-order valence-electron chi connectivity index (χ4n) is 2.27. The molecule has 0 saturated heterocycles. The summed E-state index contributed by atoms with van der Waals surface area (Å²) in [7, 11) is 6.60. The van der Waals surface area contributed by atoms with E-state index in [0.717, 1.165) is 30.1 Å². The molecule has 0 saturated carbocycles. The molecule has 0 radical (unpaired) electrons. The van der Waals surface area contributed by atoms with Crippen molar-refractivity contribution in [3.05, 3.63) is 22.8 Å². The average Bonchev–Trinajstić information content (AvgIpc) is 2.38. The molecule has 0 bridgehead atoms. The Morgan fingerprint density at radius 2 is 1.63 bits per heavy atom. The number of hydrogen-bond donors (Lipinski definition) is 0. The Hall–Kier alpha value is -1.08. The van der Waals surface area contributed by atoms with E-state index in [1.807, 2.05) is 19.9 Å². The molecule has 0 spiro atoms. The van der Waals surface area contributed by atoms with Crippen molar-refractivity contribution in [1.82, 2.24) is 0 Å². The molecule has 106 valence electrons. The number of aryl methyl sites for hydroxylation is 2. The Kier molecular flexibility index (Phi) is 6.30. The van der Waals surface area contributed by atoms with Crippen molar-refractivity contribution in [1.29, 1.82) is 0 Å². The first kappa shape index (κ1) is 16.0. The van der Waals surface area contributed by atoms with Crippen LogP contribution in [0.15, 0.2) is 6.07 Å². The first-order chi connectivity index (χ1) is 9.06. The van der Waals surface area contributed by atoms with E-state index in [1.54, 1.807) is 14.2 Å². The van der Waals surface area contributed by atoms with Gasteiger partial charge in [-0.2, -0.15) is 6.16 Å². The molecule has 0 unspecified atom stereocenters. The third-order valence-corrected chi connectivity index (χ3v) is 3.47. The largest absolute Gasteiger partial charge is 0.558 e. The minimum absolute atomic E-state index is 0.0839. The lowest BCUT2D eigenvalue weighted by molar-refractivity contribution is 0.0973. The third kappa shape index (κ3) is 3.70. The smallest absolute Gasteiger partial charge is 0.170 e. The number of methoxy groups -OCH3 is 2. The lowest BCUT2D eigenvalue weighted by atomic mass is 9.97. The molecular weight excluding hydrogens is 259 g/mol. The average molecular weight is 281 g/mol. The Labute approximate surface area is 117 Å². The van der Waals surface area contributed by atoms with Gasteiger partial charge in [0, 0.05) is 6.42 Å². The van der Waals surface area contributed by atoms with E-state index in [0.29, 0.717) is 23.5 Å². The van der Waals surface area contributed by atoms with Gasteiger partial charge in [0.25, 0.3) is 0 Å². The molecule has 1 aromatic carbocycles. The van der Waals surface area contributed by atoms with Crippen LogP contribution in [0.2, 0.25) is 0 Å². The van der Waals surface area contributed by atoms with Crippen molar-refractivity contribution in [2.75, 3.05) is 20.4 Å². The van der Waals surface area contributed by atoms with Crippen molar-refractivity contribution in [2.45, 2.75) is 33.1 Å². The van der Waals surface area contributed by atoms with Crippen LogP contribution >= 0.6 is 9.24 Å². The molecule has 0 amide bonds. The molecule has 1 rings (SSSR count). The maximum Gasteiger partial charge on any atom is 0.170 e. The summed E-state index contributed by atoms with van der Waals surface area (Å²) < 4.78 is 10.8. The summed E-state index contributed by atoms with van der Waals surface area (Å²) >= 11 is 0. The SMILES string of the molecule is COc1c(C)cc(C)c(OC)c1C(=O)CCCC[PH-]. The number of Topliss-reactive ketones (excluding diaryl/α,β-unsaturated/α-hetero) is 1. The lowest BCUT2D eigenvalue weighted by Crippen LogP contribution is -2.08. The molecule has 0 aromatic heterocycles. The number of unbranched alkanes of at least 4 members (excludes halogenated alkanes) is 1. The summed E-state index contributed by atoms with van der Waals surface area (Å²) in [6.45, 7) is 3.89. The van der Waals surface area contributed by atoms with Crippen molar-refractivity contribution in [3.63, 3.8) is 0 Å². The van der Waals surface area contributed by atoms with Crippen LogP contribution in [0.3, 0.4) is 0 Å². The minimum Gasteiger partial charge on any atom is -0.558 e. The predicted molar refractivity (Wildman–Crippen MR) is 80.4 cm³/mol. The molecule has 3 nitrogen and oxygen atoms in total. The zero-order chi connectivity index (χ0) is 14.4. The highest BCUT2D eigenvalue weighted by Crippen LogP contribution is 2.36. The van der Waals surface area contributed by atoms with Crippen molar-refractivity contribution < 1.29 is 14.3 Å². The van der Waals surface area contributed by atoms with E-state index >= 15 is 0 Å². The third-order valence-electron chi connectivity index (χ3n) is 3.12. The van der Waals surface area contributed by atoms with Crippen LogP contribution in [0, 0.1) is 13.8 Å². The summed E-state index contributed by atoms with van der Waals surface area (Å²) in [5.74, 6) is 1.34. The van der Waals surface area contributed by atoms with Crippen molar-refractivity contribution >= 4 is 15.0 Å². The van der Waals surface area contributed by atoms with Crippen LogP contribution in [0.4, 0.5) is 0 Å². The second-order valence-electron chi connectivity index (χ2n) is 4.58. The van der Waals surface area contributed by atoms with Crippen LogP contribution in [0.25, 0.3) is 0 Å². The van der Waals surface area contributed by atoms with E-state index in [9.17, 15) is 4.79 Å². The van der Waals surface area contributed by atoms with Crippen molar-refractivity contribution in [3.8, 4) is 11.5 Å². The van der Waals surface area contributed by atoms with Crippen LogP contribution in [0.5, 0.6) is 11.5 Å². The van der Waals surface area contributed by atoms with Gasteiger partial charge >= 0.3 is 0 Å². The quantitative estimate of drug-likeness (QED) is 0.433. The standard InChI is InChI=1S/C15H22O3P/c1-10-9-11(2)15(18-4)13(14(10)17-3)12(16)7-5-6-8-19/h9,19H,5-8H2,1-4H3/q-1. The number of carbonyl (C=O) groups is 1. The van der Waals surface area contributed by atoms with Gasteiger partial charge in [0.15, 0.2) is 5.78 Å². The summed E-state index contributed by atoms with van der Waals surface area (Å²) in [6, 6.07) is 1.98. The van der Waals surface area contributed by atoms with E-state index in [1.165, 1.54) is 0 Å². The number of rotatable bonds is 7. The van der Waals surface area contributed by atoms with Gasteiger partial charge in [-0.05, 0) is 37.5 Å². The van der Waals surface area contributed by atoms with Crippen molar-refractivity contribution in [2.24, 2.45) is 0 Å². The Balaban J connectivity index is 3.18. The summed E-state index contributed by atoms with van der Waals surface area (Å²) in [5.41, 5.74) is 2.50. The zero-order valence-electron chi connectivity index (χ0n) is 12.1. The number of ketones is 1. The number of benzene rings is 1. The molecule has 0 heterocycles.